The molecule has 14 nitrogen and oxygen atoms in total. The van der Waals surface area contributed by atoms with Gasteiger partial charge in [-0.15, -0.1) is 0 Å². The Morgan fingerprint density at radius 2 is 1.54 bits per heavy atom. The van der Waals surface area contributed by atoms with Gasteiger partial charge in [0.05, 0.1) is 6.42 Å². The van der Waals surface area contributed by atoms with Crippen LogP contribution in [-0.2, 0) is 33.6 Å². The summed E-state index contributed by atoms with van der Waals surface area (Å²) in [6.07, 6.45) is 5.86. The number of nitrogens with zero attached hydrogens (tertiary/aromatic N) is 1. The van der Waals surface area contributed by atoms with Crippen LogP contribution in [0, 0.1) is 0 Å². The molecule has 1 heterocycles. The fraction of sp³-hybridized carbons (Fsp3) is 0.625. The SMILES string of the molecule is CSCCCC(=O)NC(CC(N)=O)C(=O)N[C@H](CCCCN)C(=O)NCCNC(=O)CCN1C(=O)C=CC1=O. The van der Waals surface area contributed by atoms with E-state index in [-0.39, 0.29) is 38.9 Å². The lowest BCUT2D eigenvalue weighted by atomic mass is 10.1. The van der Waals surface area contributed by atoms with E-state index in [2.05, 4.69) is 21.3 Å². The van der Waals surface area contributed by atoms with Gasteiger partial charge in [0.15, 0.2) is 0 Å². The molecular formula is C24H39N7O7S. The first-order valence-corrected chi connectivity index (χ1v) is 14.1. The Kier molecular flexibility index (Phi) is 16.1. The van der Waals surface area contributed by atoms with Gasteiger partial charge in [-0.05, 0) is 44.2 Å². The molecule has 39 heavy (non-hydrogen) atoms. The maximum Gasteiger partial charge on any atom is 0.253 e. The lowest BCUT2D eigenvalue weighted by Gasteiger charge is -2.23. The summed E-state index contributed by atoms with van der Waals surface area (Å²) in [6.45, 7) is 0.465. The van der Waals surface area contributed by atoms with Crippen LogP contribution in [0.25, 0.3) is 0 Å². The summed E-state index contributed by atoms with van der Waals surface area (Å²) in [5.74, 6) is -3.01. The number of primary amides is 1. The van der Waals surface area contributed by atoms with Gasteiger partial charge in [-0.25, -0.2) is 0 Å². The van der Waals surface area contributed by atoms with Gasteiger partial charge in [0.1, 0.15) is 12.1 Å². The number of nitrogens with two attached hydrogens (primary N) is 2. The highest BCUT2D eigenvalue weighted by Crippen LogP contribution is 2.05. The van der Waals surface area contributed by atoms with Crippen LogP contribution in [0.1, 0.15) is 44.9 Å². The molecule has 0 aliphatic carbocycles. The van der Waals surface area contributed by atoms with Gasteiger partial charge in [-0.2, -0.15) is 11.8 Å². The Bertz CT molecular complexity index is 911. The van der Waals surface area contributed by atoms with E-state index in [4.69, 9.17) is 11.5 Å². The van der Waals surface area contributed by atoms with Crippen molar-refractivity contribution in [1.82, 2.24) is 26.2 Å². The summed E-state index contributed by atoms with van der Waals surface area (Å²) in [7, 11) is 0. The van der Waals surface area contributed by atoms with Crippen molar-refractivity contribution in [3.63, 3.8) is 0 Å². The number of rotatable bonds is 20. The summed E-state index contributed by atoms with van der Waals surface area (Å²) < 4.78 is 0. The number of nitrogens with one attached hydrogen (secondary N) is 4. The standard InChI is InChI=1S/C24H39N7O7S/c1-39-14-4-6-20(34)29-17(15-18(26)32)24(38)30-16(5-2-3-10-25)23(37)28-12-11-27-19(33)9-13-31-21(35)7-8-22(31)36/h7-8,16-17H,2-6,9-15,25H2,1H3,(H2,26,32)(H,27,33)(H,28,37)(H,29,34)(H,30,38)/t16-,17?/m1/s1. The molecule has 218 valence electrons. The maximum atomic E-state index is 12.9. The predicted molar refractivity (Wildman–Crippen MR) is 145 cm³/mol. The average Bonchev–Trinajstić information content (AvgIpc) is 3.20. The van der Waals surface area contributed by atoms with Crippen molar-refractivity contribution in [2.24, 2.45) is 11.5 Å². The van der Waals surface area contributed by atoms with E-state index >= 15 is 0 Å². The molecule has 2 atom stereocenters. The molecule has 8 N–H and O–H groups in total. The van der Waals surface area contributed by atoms with Crippen molar-refractivity contribution < 1.29 is 33.6 Å². The minimum Gasteiger partial charge on any atom is -0.370 e. The third-order valence-corrected chi connectivity index (χ3v) is 6.30. The van der Waals surface area contributed by atoms with Gasteiger partial charge < -0.3 is 32.7 Å². The number of unbranched alkanes of at least 4 members (excludes halogenated alkanes) is 1. The number of amides is 7. The average molecular weight is 570 g/mol. The van der Waals surface area contributed by atoms with Gasteiger partial charge in [0, 0.05) is 44.6 Å². The molecule has 1 aliphatic rings. The van der Waals surface area contributed by atoms with Crippen molar-refractivity contribution in [3.8, 4) is 0 Å². The minimum atomic E-state index is -1.22. The molecule has 0 bridgehead atoms. The molecule has 0 spiro atoms. The maximum absolute atomic E-state index is 12.9. The van der Waals surface area contributed by atoms with Crippen molar-refractivity contribution in [2.75, 3.05) is 38.2 Å². The summed E-state index contributed by atoms with van der Waals surface area (Å²) in [5, 5.41) is 10.3. The zero-order valence-corrected chi connectivity index (χ0v) is 23.0. The molecule has 0 radical (unpaired) electrons. The Morgan fingerprint density at radius 1 is 0.872 bits per heavy atom. The summed E-state index contributed by atoms with van der Waals surface area (Å²) in [4.78, 5) is 85.4. The lowest BCUT2D eigenvalue weighted by Crippen LogP contribution is -2.55. The van der Waals surface area contributed by atoms with E-state index in [0.29, 0.717) is 25.8 Å². The molecule has 0 saturated carbocycles. The highest BCUT2D eigenvalue weighted by Gasteiger charge is 2.28. The zero-order valence-electron chi connectivity index (χ0n) is 22.2. The molecule has 1 rings (SSSR count). The van der Waals surface area contributed by atoms with Gasteiger partial charge in [0.25, 0.3) is 11.8 Å². The highest BCUT2D eigenvalue weighted by molar-refractivity contribution is 7.98. The third kappa shape index (κ3) is 13.8. The van der Waals surface area contributed by atoms with E-state index in [9.17, 15) is 33.6 Å². The van der Waals surface area contributed by atoms with Crippen LogP contribution in [0.5, 0.6) is 0 Å². The molecule has 7 amide bonds. The van der Waals surface area contributed by atoms with Crippen LogP contribution in [0.4, 0.5) is 0 Å². The second-order valence-corrected chi connectivity index (χ2v) is 9.77. The van der Waals surface area contributed by atoms with Crippen LogP contribution in [0.2, 0.25) is 0 Å². The van der Waals surface area contributed by atoms with Crippen LogP contribution in [0.15, 0.2) is 12.2 Å². The van der Waals surface area contributed by atoms with Crippen molar-refractivity contribution in [1.29, 1.82) is 0 Å². The monoisotopic (exact) mass is 569 g/mol. The molecule has 1 unspecified atom stereocenters. The van der Waals surface area contributed by atoms with Crippen molar-refractivity contribution in [2.45, 2.75) is 57.0 Å². The summed E-state index contributed by atoms with van der Waals surface area (Å²) >= 11 is 1.58. The second kappa shape index (κ2) is 18.7. The van der Waals surface area contributed by atoms with Gasteiger partial charge in [0.2, 0.25) is 29.5 Å². The molecule has 15 heteroatoms. The lowest BCUT2D eigenvalue weighted by molar-refractivity contribution is -0.137. The summed E-state index contributed by atoms with van der Waals surface area (Å²) in [6, 6.07) is -2.19. The molecule has 0 aromatic carbocycles. The zero-order chi connectivity index (χ0) is 29.2. The van der Waals surface area contributed by atoms with Crippen molar-refractivity contribution in [3.05, 3.63) is 12.2 Å². The fourth-order valence-electron chi connectivity index (χ4n) is 3.55. The van der Waals surface area contributed by atoms with E-state index in [1.165, 1.54) is 0 Å². The smallest absolute Gasteiger partial charge is 0.253 e. The number of carbonyl (C=O) groups is 7. The van der Waals surface area contributed by atoms with Crippen LogP contribution in [0.3, 0.4) is 0 Å². The van der Waals surface area contributed by atoms with Crippen LogP contribution >= 0.6 is 11.8 Å². The molecular weight excluding hydrogens is 530 g/mol. The van der Waals surface area contributed by atoms with E-state index in [1.54, 1.807) is 11.8 Å². The molecule has 0 aromatic heterocycles. The third-order valence-electron chi connectivity index (χ3n) is 5.60. The predicted octanol–water partition coefficient (Wildman–Crippen LogP) is -2.35. The number of thioether (sulfide) groups is 1. The number of carbonyl (C=O) groups excluding carboxylic acids is 7. The molecule has 0 fully saturated rings. The Morgan fingerprint density at radius 3 is 2.15 bits per heavy atom. The first-order valence-electron chi connectivity index (χ1n) is 12.7. The quantitative estimate of drug-likeness (QED) is 0.0681. The first kappa shape index (κ1) is 33.6. The highest BCUT2D eigenvalue weighted by atomic mass is 32.2. The number of imide groups is 1. The fourth-order valence-corrected chi connectivity index (χ4v) is 3.99. The van der Waals surface area contributed by atoms with Gasteiger partial charge >= 0.3 is 0 Å². The Balaban J connectivity index is 2.60. The largest absolute Gasteiger partial charge is 0.370 e. The number of hydrogen-bond acceptors (Lipinski definition) is 9. The Hall–Kier alpha value is -3.46. The molecule has 0 aromatic rings. The summed E-state index contributed by atoms with van der Waals surface area (Å²) in [5.41, 5.74) is 10.8. The minimum absolute atomic E-state index is 0.0495. The second-order valence-electron chi connectivity index (χ2n) is 8.78. The Labute approximate surface area is 231 Å². The first-order chi connectivity index (χ1) is 18.6. The topological polar surface area (TPSA) is 223 Å². The van der Waals surface area contributed by atoms with Crippen LogP contribution < -0.4 is 32.7 Å². The van der Waals surface area contributed by atoms with Gasteiger partial charge in [-0.3, -0.25) is 38.5 Å². The molecule has 1 aliphatic heterocycles. The van der Waals surface area contributed by atoms with E-state index < -0.39 is 59.9 Å². The van der Waals surface area contributed by atoms with E-state index in [0.717, 1.165) is 22.8 Å². The number of hydrogen-bond donors (Lipinski definition) is 6. The van der Waals surface area contributed by atoms with Gasteiger partial charge in [-0.1, -0.05) is 0 Å². The van der Waals surface area contributed by atoms with Crippen molar-refractivity contribution >= 4 is 53.1 Å². The normalized spacial score (nSPS) is 14.1. The van der Waals surface area contributed by atoms with E-state index in [1.807, 2.05) is 6.26 Å². The van der Waals surface area contributed by atoms with Crippen LogP contribution in [-0.4, -0.2) is 96.5 Å². The molecule has 0 saturated heterocycles.